The fraction of sp³-hybridized carbons (Fsp3) is 0.600. The Balaban J connectivity index is 1.74. The maximum atomic E-state index is 9.98. The fourth-order valence-corrected chi connectivity index (χ4v) is 2.41. The van der Waals surface area contributed by atoms with E-state index in [4.69, 9.17) is 21.1 Å². The summed E-state index contributed by atoms with van der Waals surface area (Å²) in [6, 6.07) is 7.16. The summed E-state index contributed by atoms with van der Waals surface area (Å²) in [6.07, 6.45) is 0.540. The van der Waals surface area contributed by atoms with E-state index < -0.39 is 6.10 Å². The van der Waals surface area contributed by atoms with Crippen molar-refractivity contribution in [2.75, 3.05) is 19.8 Å². The molecule has 0 aliphatic carbocycles. The van der Waals surface area contributed by atoms with E-state index in [0.29, 0.717) is 17.3 Å². The molecule has 3 unspecified atom stereocenters. The zero-order valence-corrected chi connectivity index (χ0v) is 12.7. The molecule has 1 heterocycles. The molecule has 1 aliphatic rings. The summed E-state index contributed by atoms with van der Waals surface area (Å²) in [4.78, 5) is 0. The molecule has 1 aromatic rings. The van der Waals surface area contributed by atoms with Crippen LogP contribution in [-0.4, -0.2) is 42.6 Å². The summed E-state index contributed by atoms with van der Waals surface area (Å²) in [6.45, 7) is 5.65. The molecule has 4 nitrogen and oxygen atoms in total. The minimum absolute atomic E-state index is 0.0724. The summed E-state index contributed by atoms with van der Waals surface area (Å²) in [7, 11) is 0. The van der Waals surface area contributed by atoms with Gasteiger partial charge in [-0.1, -0.05) is 17.7 Å². The van der Waals surface area contributed by atoms with Gasteiger partial charge < -0.3 is 19.9 Å². The first-order valence-corrected chi connectivity index (χ1v) is 7.30. The van der Waals surface area contributed by atoms with Crippen LogP contribution >= 0.6 is 11.6 Å². The number of rotatable bonds is 6. The van der Waals surface area contributed by atoms with Crippen molar-refractivity contribution in [2.24, 2.45) is 0 Å². The van der Waals surface area contributed by atoms with Crippen molar-refractivity contribution in [3.05, 3.63) is 29.3 Å². The van der Waals surface area contributed by atoms with E-state index in [1.807, 2.05) is 12.1 Å². The molecule has 1 aliphatic heterocycles. The Morgan fingerprint density at radius 2 is 2.40 bits per heavy atom. The van der Waals surface area contributed by atoms with Crippen LogP contribution in [0.2, 0.25) is 5.02 Å². The fourth-order valence-electron chi connectivity index (χ4n) is 2.23. The smallest absolute Gasteiger partial charge is 0.120 e. The molecule has 1 fully saturated rings. The van der Waals surface area contributed by atoms with Gasteiger partial charge >= 0.3 is 0 Å². The maximum absolute atomic E-state index is 9.98. The molecule has 0 aromatic heterocycles. The lowest BCUT2D eigenvalue weighted by molar-refractivity contribution is 0.0686. The Kier molecular flexibility index (Phi) is 5.27. The second-order valence-corrected chi connectivity index (χ2v) is 5.92. The summed E-state index contributed by atoms with van der Waals surface area (Å²) >= 11 is 5.87. The third kappa shape index (κ3) is 4.09. The van der Waals surface area contributed by atoms with Gasteiger partial charge in [-0.3, -0.25) is 0 Å². The van der Waals surface area contributed by atoms with Crippen molar-refractivity contribution >= 4 is 11.6 Å². The van der Waals surface area contributed by atoms with Crippen molar-refractivity contribution in [3.63, 3.8) is 0 Å². The highest BCUT2D eigenvalue weighted by Crippen LogP contribution is 2.24. The van der Waals surface area contributed by atoms with Gasteiger partial charge in [-0.2, -0.15) is 0 Å². The van der Waals surface area contributed by atoms with Crippen LogP contribution in [0.1, 0.15) is 20.3 Å². The molecule has 0 spiro atoms. The molecule has 0 saturated carbocycles. The zero-order valence-electron chi connectivity index (χ0n) is 11.9. The molecule has 0 radical (unpaired) electrons. The first kappa shape index (κ1) is 15.6. The van der Waals surface area contributed by atoms with Crippen LogP contribution < -0.4 is 10.1 Å². The van der Waals surface area contributed by atoms with E-state index in [1.165, 1.54) is 0 Å². The first-order valence-electron chi connectivity index (χ1n) is 6.93. The second-order valence-electron chi connectivity index (χ2n) is 5.48. The topological polar surface area (TPSA) is 50.7 Å². The van der Waals surface area contributed by atoms with Crippen LogP contribution in [0.5, 0.6) is 5.75 Å². The molecular weight excluding hydrogens is 278 g/mol. The summed E-state index contributed by atoms with van der Waals surface area (Å²) in [5.41, 5.74) is -0.0724. The van der Waals surface area contributed by atoms with Gasteiger partial charge in [0.15, 0.2) is 0 Å². The highest BCUT2D eigenvalue weighted by atomic mass is 35.5. The van der Waals surface area contributed by atoms with Crippen LogP contribution in [0.4, 0.5) is 0 Å². The number of nitrogens with one attached hydrogen (secondary N) is 1. The van der Waals surface area contributed by atoms with Crippen LogP contribution in [-0.2, 0) is 4.74 Å². The van der Waals surface area contributed by atoms with E-state index >= 15 is 0 Å². The number of hydrogen-bond donors (Lipinski definition) is 2. The highest BCUT2D eigenvalue weighted by molar-refractivity contribution is 6.30. The molecule has 112 valence electrons. The largest absolute Gasteiger partial charge is 0.491 e. The highest BCUT2D eigenvalue weighted by Gasteiger charge is 2.36. The lowest BCUT2D eigenvalue weighted by atomic mass is 9.94. The van der Waals surface area contributed by atoms with Crippen molar-refractivity contribution in [1.82, 2.24) is 5.32 Å². The minimum atomic E-state index is -0.571. The van der Waals surface area contributed by atoms with Gasteiger partial charge in [0.1, 0.15) is 18.5 Å². The van der Waals surface area contributed by atoms with E-state index in [9.17, 15) is 5.11 Å². The summed E-state index contributed by atoms with van der Waals surface area (Å²) < 4.78 is 11.1. The summed E-state index contributed by atoms with van der Waals surface area (Å²) in [5.74, 6) is 0.667. The van der Waals surface area contributed by atoms with Gasteiger partial charge in [0.05, 0.1) is 6.10 Å². The number of benzene rings is 1. The number of aliphatic hydroxyl groups is 1. The monoisotopic (exact) mass is 299 g/mol. The van der Waals surface area contributed by atoms with Gasteiger partial charge in [0.25, 0.3) is 0 Å². The minimum Gasteiger partial charge on any atom is -0.491 e. The Morgan fingerprint density at radius 1 is 1.60 bits per heavy atom. The molecule has 2 rings (SSSR count). The van der Waals surface area contributed by atoms with E-state index in [0.717, 1.165) is 13.0 Å². The molecule has 0 amide bonds. The number of halogens is 1. The zero-order chi connectivity index (χ0) is 14.6. The first-order chi connectivity index (χ1) is 9.49. The third-order valence-corrected chi connectivity index (χ3v) is 4.10. The van der Waals surface area contributed by atoms with Gasteiger partial charge in [-0.25, -0.2) is 0 Å². The van der Waals surface area contributed by atoms with E-state index in [-0.39, 0.29) is 18.2 Å². The standard InChI is InChI=1S/C15H22ClNO3/c1-11-15(2,6-7-19-11)17-9-13(18)10-20-14-5-3-4-12(16)8-14/h3-5,8,11,13,17-18H,6-7,9-10H2,1-2H3. The lowest BCUT2D eigenvalue weighted by Crippen LogP contribution is -2.51. The van der Waals surface area contributed by atoms with Crippen LogP contribution in [0.3, 0.4) is 0 Å². The van der Waals surface area contributed by atoms with Crippen LogP contribution in [0.15, 0.2) is 24.3 Å². The molecule has 1 aromatic carbocycles. The average Bonchev–Trinajstić information content (AvgIpc) is 2.75. The molecule has 0 bridgehead atoms. The Labute approximate surface area is 125 Å². The van der Waals surface area contributed by atoms with Crippen LogP contribution in [0, 0.1) is 0 Å². The van der Waals surface area contributed by atoms with Gasteiger partial charge in [-0.05, 0) is 38.5 Å². The molecule has 5 heteroatoms. The van der Waals surface area contributed by atoms with Crippen LogP contribution in [0.25, 0.3) is 0 Å². The Morgan fingerprint density at radius 3 is 3.05 bits per heavy atom. The predicted molar refractivity (Wildman–Crippen MR) is 79.4 cm³/mol. The normalized spacial score (nSPS) is 27.5. The van der Waals surface area contributed by atoms with E-state index in [2.05, 4.69) is 19.2 Å². The van der Waals surface area contributed by atoms with Crippen molar-refractivity contribution in [1.29, 1.82) is 0 Å². The second kappa shape index (κ2) is 6.76. The number of aliphatic hydroxyl groups excluding tert-OH is 1. The predicted octanol–water partition coefficient (Wildman–Crippen LogP) is 2.24. The summed E-state index contributed by atoms with van der Waals surface area (Å²) in [5, 5.41) is 14.0. The molecule has 20 heavy (non-hydrogen) atoms. The molecule has 3 atom stereocenters. The quantitative estimate of drug-likeness (QED) is 0.846. The van der Waals surface area contributed by atoms with Crippen molar-refractivity contribution in [2.45, 2.75) is 38.0 Å². The SMILES string of the molecule is CC1OCCC1(C)NCC(O)COc1cccc(Cl)c1. The van der Waals surface area contributed by atoms with Crippen molar-refractivity contribution in [3.8, 4) is 5.75 Å². The Hall–Kier alpha value is -0.810. The number of hydrogen-bond acceptors (Lipinski definition) is 4. The van der Waals surface area contributed by atoms with Gasteiger partial charge in [0.2, 0.25) is 0 Å². The maximum Gasteiger partial charge on any atom is 0.120 e. The van der Waals surface area contributed by atoms with E-state index in [1.54, 1.807) is 12.1 Å². The lowest BCUT2D eigenvalue weighted by Gasteiger charge is -2.30. The number of ether oxygens (including phenoxy) is 2. The van der Waals surface area contributed by atoms with Gasteiger partial charge in [0, 0.05) is 23.7 Å². The average molecular weight is 300 g/mol. The molecule has 2 N–H and O–H groups in total. The third-order valence-electron chi connectivity index (χ3n) is 3.87. The van der Waals surface area contributed by atoms with Crippen molar-refractivity contribution < 1.29 is 14.6 Å². The number of β-amino-alcohol motifs (C(OH)–C–C–N with tert-alkyl or cyclic N) is 1. The van der Waals surface area contributed by atoms with Gasteiger partial charge in [-0.15, -0.1) is 0 Å². The molecule has 1 saturated heterocycles. The molecular formula is C15H22ClNO3. The Bertz CT molecular complexity index is 443.